The van der Waals surface area contributed by atoms with Crippen molar-refractivity contribution in [2.45, 2.75) is 6.54 Å². The van der Waals surface area contributed by atoms with Crippen LogP contribution in [0.15, 0.2) is 39.5 Å². The number of rotatable bonds is 4. The van der Waals surface area contributed by atoms with Gasteiger partial charge in [0, 0.05) is 20.3 Å². The third kappa shape index (κ3) is 3.00. The van der Waals surface area contributed by atoms with Crippen molar-refractivity contribution < 1.29 is 4.42 Å². The van der Waals surface area contributed by atoms with Gasteiger partial charge in [-0.3, -0.25) is 0 Å². The molecule has 4 nitrogen and oxygen atoms in total. The lowest BCUT2D eigenvalue weighted by Gasteiger charge is -2.16. The summed E-state index contributed by atoms with van der Waals surface area (Å²) >= 11 is 3.28. The molecule has 0 fully saturated rings. The number of furan rings is 1. The Balaban J connectivity index is 2.08. The summed E-state index contributed by atoms with van der Waals surface area (Å²) in [6.07, 6.45) is 1.78. The van der Waals surface area contributed by atoms with E-state index in [4.69, 9.17) is 4.42 Å². The Hall–Kier alpha value is -1.49. The van der Waals surface area contributed by atoms with Crippen LogP contribution in [0.4, 0.5) is 11.5 Å². The number of nitrogens with one attached hydrogen (secondary N) is 1. The zero-order valence-corrected chi connectivity index (χ0v) is 11.4. The summed E-state index contributed by atoms with van der Waals surface area (Å²) in [7, 11) is 3.94. The predicted molar refractivity (Wildman–Crippen MR) is 72.3 cm³/mol. The standard InChI is InChI=1S/C12H14BrN3O/c1-16(2)12-10(4-3-7-14-12)15-8-9-5-6-11(13)17-9/h3-7,15H,8H2,1-2H3. The summed E-state index contributed by atoms with van der Waals surface area (Å²) in [5.41, 5.74) is 0.991. The second kappa shape index (κ2) is 5.23. The Morgan fingerprint density at radius 2 is 2.18 bits per heavy atom. The van der Waals surface area contributed by atoms with E-state index in [0.717, 1.165) is 21.9 Å². The molecule has 0 saturated heterocycles. The first kappa shape index (κ1) is 12.0. The van der Waals surface area contributed by atoms with Crippen LogP contribution in [-0.2, 0) is 6.54 Å². The first-order valence-electron chi connectivity index (χ1n) is 5.27. The molecule has 0 aliphatic rings. The summed E-state index contributed by atoms with van der Waals surface area (Å²) in [5, 5.41) is 3.31. The van der Waals surface area contributed by atoms with Crippen LogP contribution in [0.5, 0.6) is 0 Å². The molecule has 0 atom stereocenters. The van der Waals surface area contributed by atoms with E-state index in [1.54, 1.807) is 6.20 Å². The van der Waals surface area contributed by atoms with E-state index in [2.05, 4.69) is 26.2 Å². The summed E-state index contributed by atoms with van der Waals surface area (Å²) in [6.45, 7) is 0.637. The van der Waals surface area contributed by atoms with Crippen LogP contribution in [0, 0.1) is 0 Å². The zero-order valence-electron chi connectivity index (χ0n) is 9.77. The highest BCUT2D eigenvalue weighted by Gasteiger charge is 2.05. The molecule has 2 aromatic heterocycles. The van der Waals surface area contributed by atoms with Gasteiger partial charge in [-0.05, 0) is 40.2 Å². The lowest BCUT2D eigenvalue weighted by Crippen LogP contribution is -2.13. The van der Waals surface area contributed by atoms with Crippen LogP contribution in [0.1, 0.15) is 5.76 Å². The molecule has 17 heavy (non-hydrogen) atoms. The minimum atomic E-state index is 0.637. The molecular formula is C12H14BrN3O. The first-order chi connectivity index (χ1) is 8.16. The maximum Gasteiger partial charge on any atom is 0.169 e. The van der Waals surface area contributed by atoms with E-state index < -0.39 is 0 Å². The smallest absolute Gasteiger partial charge is 0.169 e. The van der Waals surface area contributed by atoms with Crippen LogP contribution >= 0.6 is 15.9 Å². The third-order valence-electron chi connectivity index (χ3n) is 2.29. The Morgan fingerprint density at radius 1 is 1.35 bits per heavy atom. The van der Waals surface area contributed by atoms with Crippen molar-refractivity contribution >= 4 is 27.4 Å². The average molecular weight is 296 g/mol. The number of hydrogen-bond acceptors (Lipinski definition) is 4. The second-order valence-corrected chi connectivity index (χ2v) is 4.61. The highest BCUT2D eigenvalue weighted by molar-refractivity contribution is 9.10. The quantitative estimate of drug-likeness (QED) is 0.941. The molecule has 90 valence electrons. The van der Waals surface area contributed by atoms with Crippen molar-refractivity contribution in [1.29, 1.82) is 0 Å². The minimum absolute atomic E-state index is 0.637. The Morgan fingerprint density at radius 3 is 2.82 bits per heavy atom. The lowest BCUT2D eigenvalue weighted by atomic mass is 10.3. The van der Waals surface area contributed by atoms with Crippen molar-refractivity contribution in [3.63, 3.8) is 0 Å². The van der Waals surface area contributed by atoms with Crippen LogP contribution < -0.4 is 10.2 Å². The van der Waals surface area contributed by atoms with Gasteiger partial charge in [-0.2, -0.15) is 0 Å². The van der Waals surface area contributed by atoms with Crippen molar-refractivity contribution in [3.05, 3.63) is 40.9 Å². The molecule has 5 heteroatoms. The van der Waals surface area contributed by atoms with E-state index >= 15 is 0 Å². The minimum Gasteiger partial charge on any atom is -0.452 e. The lowest BCUT2D eigenvalue weighted by molar-refractivity contribution is 0.495. The normalized spacial score (nSPS) is 10.3. The van der Waals surface area contributed by atoms with Gasteiger partial charge in [0.15, 0.2) is 10.5 Å². The molecule has 0 amide bonds. The molecule has 0 unspecified atom stereocenters. The third-order valence-corrected chi connectivity index (χ3v) is 2.72. The number of hydrogen-bond donors (Lipinski definition) is 1. The van der Waals surface area contributed by atoms with E-state index in [-0.39, 0.29) is 0 Å². The van der Waals surface area contributed by atoms with Crippen LogP contribution in [-0.4, -0.2) is 19.1 Å². The zero-order chi connectivity index (χ0) is 12.3. The largest absolute Gasteiger partial charge is 0.452 e. The summed E-state index contributed by atoms with van der Waals surface area (Å²) in [4.78, 5) is 6.29. The maximum atomic E-state index is 5.43. The highest BCUT2D eigenvalue weighted by Crippen LogP contribution is 2.22. The molecular weight excluding hydrogens is 282 g/mol. The van der Waals surface area contributed by atoms with Gasteiger partial charge < -0.3 is 14.6 Å². The molecule has 1 N–H and O–H groups in total. The van der Waals surface area contributed by atoms with Crippen LogP contribution in [0.2, 0.25) is 0 Å². The summed E-state index contributed by atoms with van der Waals surface area (Å²) in [6, 6.07) is 7.73. The van der Waals surface area contributed by atoms with Crippen molar-refractivity contribution in [3.8, 4) is 0 Å². The summed E-state index contributed by atoms with van der Waals surface area (Å²) < 4.78 is 6.17. The van der Waals surface area contributed by atoms with Crippen molar-refractivity contribution in [2.24, 2.45) is 0 Å². The van der Waals surface area contributed by atoms with Gasteiger partial charge in [0.2, 0.25) is 0 Å². The molecule has 0 aliphatic carbocycles. The number of aromatic nitrogens is 1. The molecule has 0 saturated carbocycles. The predicted octanol–water partition coefficient (Wildman–Crippen LogP) is 3.12. The molecule has 2 rings (SSSR count). The maximum absolute atomic E-state index is 5.43. The molecule has 0 bridgehead atoms. The molecule has 0 spiro atoms. The fourth-order valence-corrected chi connectivity index (χ4v) is 1.86. The van der Waals surface area contributed by atoms with E-state index in [1.165, 1.54) is 0 Å². The number of halogens is 1. The Labute approximate surface area is 109 Å². The van der Waals surface area contributed by atoms with Gasteiger partial charge in [-0.25, -0.2) is 4.98 Å². The molecule has 0 aromatic carbocycles. The number of nitrogens with zero attached hydrogens (tertiary/aromatic N) is 2. The first-order valence-corrected chi connectivity index (χ1v) is 6.06. The average Bonchev–Trinajstić information content (AvgIpc) is 2.73. The molecule has 2 heterocycles. The summed E-state index contributed by atoms with van der Waals surface area (Å²) in [5.74, 6) is 1.79. The van der Waals surface area contributed by atoms with Gasteiger partial charge in [0.1, 0.15) is 5.76 Å². The molecule has 0 aliphatic heterocycles. The van der Waals surface area contributed by atoms with E-state index in [0.29, 0.717) is 6.54 Å². The molecule has 2 aromatic rings. The Bertz CT molecular complexity index is 496. The van der Waals surface area contributed by atoms with Gasteiger partial charge in [-0.1, -0.05) is 0 Å². The van der Waals surface area contributed by atoms with Gasteiger partial charge in [-0.15, -0.1) is 0 Å². The van der Waals surface area contributed by atoms with Gasteiger partial charge >= 0.3 is 0 Å². The second-order valence-electron chi connectivity index (χ2n) is 3.83. The fourth-order valence-electron chi connectivity index (χ4n) is 1.52. The SMILES string of the molecule is CN(C)c1ncccc1NCc1ccc(Br)o1. The molecule has 0 radical (unpaired) electrons. The van der Waals surface area contributed by atoms with Crippen molar-refractivity contribution in [2.75, 3.05) is 24.3 Å². The monoisotopic (exact) mass is 295 g/mol. The van der Waals surface area contributed by atoms with Gasteiger partial charge in [0.25, 0.3) is 0 Å². The van der Waals surface area contributed by atoms with Crippen LogP contribution in [0.3, 0.4) is 0 Å². The van der Waals surface area contributed by atoms with Crippen LogP contribution in [0.25, 0.3) is 0 Å². The fraction of sp³-hybridized carbons (Fsp3) is 0.250. The van der Waals surface area contributed by atoms with Crippen molar-refractivity contribution in [1.82, 2.24) is 4.98 Å². The highest BCUT2D eigenvalue weighted by atomic mass is 79.9. The van der Waals surface area contributed by atoms with E-state index in [1.807, 2.05) is 43.3 Å². The van der Waals surface area contributed by atoms with E-state index in [9.17, 15) is 0 Å². The number of pyridine rings is 1. The topological polar surface area (TPSA) is 41.3 Å². The Kier molecular flexibility index (Phi) is 3.68. The number of anilines is 2. The van der Waals surface area contributed by atoms with Gasteiger partial charge in [0.05, 0.1) is 12.2 Å².